The normalized spacial score (nSPS) is 15.7. The Morgan fingerprint density at radius 1 is 1.53 bits per heavy atom. The van der Waals surface area contributed by atoms with Crippen LogP contribution in [0.25, 0.3) is 0 Å². The van der Waals surface area contributed by atoms with Crippen molar-refractivity contribution in [3.05, 3.63) is 12.4 Å². The zero-order valence-corrected chi connectivity index (χ0v) is 8.52. The molecule has 2 N–H and O–H groups in total. The van der Waals surface area contributed by atoms with Crippen LogP contribution >= 0.6 is 0 Å². The number of hydrogen-bond donors (Lipinski definition) is 2. The van der Waals surface area contributed by atoms with Crippen molar-refractivity contribution in [2.45, 2.75) is 31.8 Å². The van der Waals surface area contributed by atoms with E-state index in [0.29, 0.717) is 19.1 Å². The minimum Gasteiger partial charge on any atom is -0.336 e. The number of urea groups is 1. The lowest BCUT2D eigenvalue weighted by Gasteiger charge is -2.26. The molecule has 0 aliphatic heterocycles. The fourth-order valence-electron chi connectivity index (χ4n) is 1.42. The summed E-state index contributed by atoms with van der Waals surface area (Å²) in [5.74, 6) is 0. The molecule has 15 heavy (non-hydrogen) atoms. The molecule has 2 rings (SSSR count). The summed E-state index contributed by atoms with van der Waals surface area (Å²) in [6.07, 6.45) is 6.83. The lowest BCUT2D eigenvalue weighted by molar-refractivity contribution is 0.228. The Kier molecular flexibility index (Phi) is 3.16. The summed E-state index contributed by atoms with van der Waals surface area (Å²) in [6.45, 7) is 1.22. The Hall–Kier alpha value is -1.59. The zero-order valence-electron chi connectivity index (χ0n) is 8.52. The van der Waals surface area contributed by atoms with Crippen LogP contribution in [0, 0.1) is 0 Å². The molecule has 1 aliphatic carbocycles. The third-order valence-corrected chi connectivity index (χ3v) is 2.54. The maximum absolute atomic E-state index is 11.3. The molecule has 0 aromatic carbocycles. The second-order valence-electron chi connectivity index (χ2n) is 3.69. The van der Waals surface area contributed by atoms with Gasteiger partial charge in [-0.15, -0.1) is 5.10 Å². The Morgan fingerprint density at radius 2 is 2.40 bits per heavy atom. The fourth-order valence-corrected chi connectivity index (χ4v) is 1.42. The van der Waals surface area contributed by atoms with Gasteiger partial charge in [0.05, 0.1) is 12.7 Å². The first-order chi connectivity index (χ1) is 7.34. The lowest BCUT2D eigenvalue weighted by Crippen LogP contribution is -2.45. The van der Waals surface area contributed by atoms with Crippen LogP contribution in [0.5, 0.6) is 0 Å². The van der Waals surface area contributed by atoms with Crippen LogP contribution in [-0.4, -0.2) is 33.6 Å². The number of nitrogens with one attached hydrogen (secondary N) is 2. The predicted molar refractivity (Wildman–Crippen MR) is 54.2 cm³/mol. The first kappa shape index (κ1) is 9.95. The standard InChI is InChI=1S/C9H15N5O/c15-9(12-8-2-1-3-8)10-4-6-14-7-5-11-13-14/h5,7-8H,1-4,6H2,(H2,10,12,15). The smallest absolute Gasteiger partial charge is 0.315 e. The summed E-state index contributed by atoms with van der Waals surface area (Å²) in [5, 5.41) is 13.2. The minimum atomic E-state index is -0.0835. The maximum Gasteiger partial charge on any atom is 0.315 e. The van der Waals surface area contributed by atoms with E-state index in [0.717, 1.165) is 12.8 Å². The number of carbonyl (C=O) groups is 1. The first-order valence-electron chi connectivity index (χ1n) is 5.23. The number of rotatable bonds is 4. The molecule has 82 valence electrons. The largest absolute Gasteiger partial charge is 0.336 e. The molecule has 0 unspecified atom stereocenters. The fraction of sp³-hybridized carbons (Fsp3) is 0.667. The average Bonchev–Trinajstić information content (AvgIpc) is 2.64. The van der Waals surface area contributed by atoms with Crippen molar-refractivity contribution in [3.8, 4) is 0 Å². The van der Waals surface area contributed by atoms with Gasteiger partial charge in [0.2, 0.25) is 0 Å². The monoisotopic (exact) mass is 209 g/mol. The van der Waals surface area contributed by atoms with Crippen molar-refractivity contribution in [2.75, 3.05) is 6.54 Å². The van der Waals surface area contributed by atoms with E-state index in [1.54, 1.807) is 17.1 Å². The lowest BCUT2D eigenvalue weighted by atomic mass is 9.93. The number of amides is 2. The highest BCUT2D eigenvalue weighted by molar-refractivity contribution is 5.74. The van der Waals surface area contributed by atoms with Gasteiger partial charge in [-0.25, -0.2) is 4.79 Å². The molecule has 0 atom stereocenters. The molecule has 1 saturated carbocycles. The van der Waals surface area contributed by atoms with E-state index >= 15 is 0 Å². The quantitative estimate of drug-likeness (QED) is 0.740. The highest BCUT2D eigenvalue weighted by Gasteiger charge is 2.18. The van der Waals surface area contributed by atoms with Crippen molar-refractivity contribution in [1.29, 1.82) is 0 Å². The first-order valence-corrected chi connectivity index (χ1v) is 5.23. The van der Waals surface area contributed by atoms with E-state index in [1.807, 2.05) is 0 Å². The van der Waals surface area contributed by atoms with E-state index < -0.39 is 0 Å². The predicted octanol–water partition coefficient (Wildman–Crippen LogP) is 0.130. The molecular weight excluding hydrogens is 194 g/mol. The third-order valence-electron chi connectivity index (χ3n) is 2.54. The number of nitrogens with zero attached hydrogens (tertiary/aromatic N) is 3. The molecule has 1 aliphatic rings. The summed E-state index contributed by atoms with van der Waals surface area (Å²) in [7, 11) is 0. The second kappa shape index (κ2) is 4.77. The third kappa shape index (κ3) is 2.93. The minimum absolute atomic E-state index is 0.0835. The molecule has 6 heteroatoms. The Labute approximate surface area is 88.0 Å². The van der Waals surface area contributed by atoms with Gasteiger partial charge in [0, 0.05) is 18.8 Å². The Morgan fingerprint density at radius 3 is 3.00 bits per heavy atom. The van der Waals surface area contributed by atoms with Gasteiger partial charge < -0.3 is 10.6 Å². The highest BCUT2D eigenvalue weighted by atomic mass is 16.2. The van der Waals surface area contributed by atoms with E-state index in [2.05, 4.69) is 20.9 Å². The molecule has 1 fully saturated rings. The van der Waals surface area contributed by atoms with E-state index in [9.17, 15) is 4.79 Å². The molecule has 0 spiro atoms. The van der Waals surface area contributed by atoms with Gasteiger partial charge in [-0.2, -0.15) is 0 Å². The van der Waals surface area contributed by atoms with Crippen molar-refractivity contribution in [3.63, 3.8) is 0 Å². The van der Waals surface area contributed by atoms with Crippen molar-refractivity contribution < 1.29 is 4.79 Å². The van der Waals surface area contributed by atoms with Gasteiger partial charge in [0.1, 0.15) is 0 Å². The summed E-state index contributed by atoms with van der Waals surface area (Å²) in [4.78, 5) is 11.3. The van der Waals surface area contributed by atoms with Gasteiger partial charge in [-0.05, 0) is 19.3 Å². The van der Waals surface area contributed by atoms with Gasteiger partial charge in [-0.3, -0.25) is 4.68 Å². The van der Waals surface area contributed by atoms with E-state index in [-0.39, 0.29) is 6.03 Å². The SMILES string of the molecule is O=C(NCCn1ccnn1)NC1CCC1. The summed E-state index contributed by atoms with van der Waals surface area (Å²) < 4.78 is 1.68. The topological polar surface area (TPSA) is 71.8 Å². The van der Waals surface area contributed by atoms with Crippen LogP contribution in [0.4, 0.5) is 4.79 Å². The molecule has 0 bridgehead atoms. The number of carbonyl (C=O) groups excluding carboxylic acids is 1. The van der Waals surface area contributed by atoms with Gasteiger partial charge >= 0.3 is 6.03 Å². The van der Waals surface area contributed by atoms with E-state index in [1.165, 1.54) is 6.42 Å². The molecule has 0 radical (unpaired) electrons. The summed E-state index contributed by atoms with van der Waals surface area (Å²) in [5.41, 5.74) is 0. The number of hydrogen-bond acceptors (Lipinski definition) is 3. The molecule has 1 aromatic heterocycles. The van der Waals surface area contributed by atoms with E-state index in [4.69, 9.17) is 0 Å². The van der Waals surface area contributed by atoms with Crippen molar-refractivity contribution >= 4 is 6.03 Å². The molecule has 6 nitrogen and oxygen atoms in total. The van der Waals surface area contributed by atoms with Crippen LogP contribution in [0.1, 0.15) is 19.3 Å². The molecule has 1 aromatic rings. The van der Waals surface area contributed by atoms with Gasteiger partial charge in [0.25, 0.3) is 0 Å². The molecule has 1 heterocycles. The van der Waals surface area contributed by atoms with Crippen LogP contribution in [0.3, 0.4) is 0 Å². The molecule has 2 amide bonds. The highest BCUT2D eigenvalue weighted by Crippen LogP contribution is 2.17. The molecule has 0 saturated heterocycles. The Bertz CT molecular complexity index is 306. The number of aromatic nitrogens is 3. The summed E-state index contributed by atoms with van der Waals surface area (Å²) >= 11 is 0. The zero-order chi connectivity index (χ0) is 10.5. The van der Waals surface area contributed by atoms with Crippen LogP contribution in [-0.2, 0) is 6.54 Å². The van der Waals surface area contributed by atoms with Gasteiger partial charge in [0.15, 0.2) is 0 Å². The van der Waals surface area contributed by atoms with Crippen LogP contribution in [0.2, 0.25) is 0 Å². The van der Waals surface area contributed by atoms with Crippen LogP contribution in [0.15, 0.2) is 12.4 Å². The van der Waals surface area contributed by atoms with Crippen LogP contribution < -0.4 is 10.6 Å². The molecular formula is C9H15N5O. The van der Waals surface area contributed by atoms with Gasteiger partial charge in [-0.1, -0.05) is 5.21 Å². The maximum atomic E-state index is 11.3. The van der Waals surface area contributed by atoms with Crippen molar-refractivity contribution in [1.82, 2.24) is 25.6 Å². The van der Waals surface area contributed by atoms with Crippen molar-refractivity contribution in [2.24, 2.45) is 0 Å². The average molecular weight is 209 g/mol. The summed E-state index contributed by atoms with van der Waals surface area (Å²) in [6, 6.07) is 0.302. The Balaban J connectivity index is 1.58. The second-order valence-corrected chi connectivity index (χ2v) is 3.69.